The van der Waals surface area contributed by atoms with Crippen LogP contribution in [-0.4, -0.2) is 31.2 Å². The van der Waals surface area contributed by atoms with Gasteiger partial charge in [-0.3, -0.25) is 0 Å². The van der Waals surface area contributed by atoms with E-state index in [0.717, 1.165) is 12.1 Å². The third-order valence-electron chi connectivity index (χ3n) is 4.91. The normalized spacial score (nSPS) is 11.2. The molecule has 0 aliphatic carbocycles. The van der Waals surface area contributed by atoms with Gasteiger partial charge in [-0.25, -0.2) is 14.4 Å². The van der Waals surface area contributed by atoms with E-state index in [1.165, 1.54) is 36.4 Å². The number of hydrogen-bond donors (Lipinski definition) is 2. The van der Waals surface area contributed by atoms with Crippen LogP contribution >= 0.6 is 11.6 Å². The Bertz CT molecular complexity index is 1410. The summed E-state index contributed by atoms with van der Waals surface area (Å²) < 4.78 is 49.2. The highest BCUT2D eigenvalue weighted by molar-refractivity contribution is 6.31. The molecule has 3 aromatic rings. The molecule has 0 unspecified atom stereocenters. The zero-order chi connectivity index (χ0) is 28.6. The number of carbonyl (C=O) groups excluding carboxylic acids is 3. The van der Waals surface area contributed by atoms with Gasteiger partial charge in [-0.1, -0.05) is 17.7 Å². The van der Waals surface area contributed by atoms with Crippen molar-refractivity contribution in [1.29, 1.82) is 0 Å². The van der Waals surface area contributed by atoms with E-state index >= 15 is 0 Å². The van der Waals surface area contributed by atoms with Crippen molar-refractivity contribution in [3.8, 4) is 0 Å². The number of hydrogen-bond acceptors (Lipinski definition) is 7. The van der Waals surface area contributed by atoms with Crippen molar-refractivity contribution in [3.63, 3.8) is 0 Å². The molecule has 0 aliphatic rings. The number of esters is 2. The minimum atomic E-state index is -4.68. The number of amides is 2. The number of alkyl halides is 3. The van der Waals surface area contributed by atoms with Crippen molar-refractivity contribution < 1.29 is 37.0 Å². The molecule has 0 saturated heterocycles. The summed E-state index contributed by atoms with van der Waals surface area (Å²) in [5.74, 6) is -1.41. The van der Waals surface area contributed by atoms with Gasteiger partial charge in [0.25, 0.3) is 0 Å². The Kier molecular flexibility index (Phi) is 9.61. The number of ether oxygens (including phenoxy) is 2. The van der Waals surface area contributed by atoms with Crippen LogP contribution in [0.1, 0.15) is 40.1 Å². The van der Waals surface area contributed by atoms with Crippen LogP contribution in [-0.2, 0) is 15.7 Å². The number of azo groups is 1. The smallest absolute Gasteiger partial charge is 0.417 e. The molecule has 2 amide bonds. The lowest BCUT2D eigenvalue weighted by molar-refractivity contribution is -0.137. The summed E-state index contributed by atoms with van der Waals surface area (Å²) in [6, 6.07) is 12.5. The second-order valence-electron chi connectivity index (χ2n) is 7.69. The number of carbonyl (C=O) groups is 3. The van der Waals surface area contributed by atoms with Crippen LogP contribution in [0.4, 0.5) is 40.7 Å². The summed E-state index contributed by atoms with van der Waals surface area (Å²) >= 11 is 5.60. The minimum absolute atomic E-state index is 0.0227. The van der Waals surface area contributed by atoms with Gasteiger partial charge in [0.15, 0.2) is 0 Å². The van der Waals surface area contributed by atoms with Crippen molar-refractivity contribution in [2.24, 2.45) is 10.2 Å². The van der Waals surface area contributed by atoms with E-state index in [0.29, 0.717) is 5.69 Å². The molecule has 0 aromatic heterocycles. The minimum Gasteiger partial charge on any atom is -0.462 e. The summed E-state index contributed by atoms with van der Waals surface area (Å²) in [5.41, 5.74) is -0.367. The summed E-state index contributed by atoms with van der Waals surface area (Å²) in [6.45, 7) is 3.49. The van der Waals surface area contributed by atoms with Crippen LogP contribution in [0.5, 0.6) is 0 Å². The SMILES string of the molecule is CCOC(=O)c1ccc(/N=N/c2cccc(NC(=O)Nc3ccc(Cl)c(C(F)(F)F)c3)c2)cc1C(=O)OCC. The Morgan fingerprint density at radius 1 is 0.795 bits per heavy atom. The Morgan fingerprint density at radius 2 is 1.38 bits per heavy atom. The van der Waals surface area contributed by atoms with Crippen LogP contribution in [0.2, 0.25) is 5.02 Å². The Balaban J connectivity index is 1.75. The van der Waals surface area contributed by atoms with Crippen molar-refractivity contribution >= 4 is 52.3 Å². The standard InChI is InChI=1S/C26H22ClF3N4O5/c1-3-38-23(35)19-10-8-18(13-20(19)24(36)39-4-2)34-33-17-7-5-6-15(12-17)31-25(37)32-16-9-11-22(27)21(14-16)26(28,29)30/h5-14H,3-4H2,1-2H3,(H2,31,32,37)/b34-33+. The van der Waals surface area contributed by atoms with Gasteiger partial charge in [0.2, 0.25) is 0 Å². The molecular formula is C26H22ClF3N4O5. The number of nitrogens with zero attached hydrogens (tertiary/aromatic N) is 2. The molecule has 9 nitrogen and oxygen atoms in total. The summed E-state index contributed by atoms with van der Waals surface area (Å²) in [5, 5.41) is 12.5. The fourth-order valence-corrected chi connectivity index (χ4v) is 3.46. The molecule has 3 aromatic carbocycles. The second-order valence-corrected chi connectivity index (χ2v) is 8.10. The highest BCUT2D eigenvalue weighted by Crippen LogP contribution is 2.36. The van der Waals surface area contributed by atoms with E-state index in [4.69, 9.17) is 21.1 Å². The molecule has 0 bridgehead atoms. The lowest BCUT2D eigenvalue weighted by atomic mass is 10.1. The second kappa shape index (κ2) is 12.9. The van der Waals surface area contributed by atoms with Gasteiger partial charge in [0.1, 0.15) is 0 Å². The van der Waals surface area contributed by atoms with Gasteiger partial charge in [-0.15, -0.1) is 0 Å². The van der Waals surface area contributed by atoms with Crippen LogP contribution in [0.3, 0.4) is 0 Å². The van der Waals surface area contributed by atoms with Crippen molar-refractivity contribution in [2.45, 2.75) is 20.0 Å². The number of benzene rings is 3. The Labute approximate surface area is 226 Å². The molecule has 0 atom stereocenters. The summed E-state index contributed by atoms with van der Waals surface area (Å²) in [6.07, 6.45) is -4.68. The molecule has 3 rings (SSSR count). The van der Waals surface area contributed by atoms with Crippen molar-refractivity contribution in [1.82, 2.24) is 0 Å². The largest absolute Gasteiger partial charge is 0.462 e. The van der Waals surface area contributed by atoms with E-state index < -0.39 is 34.7 Å². The van der Waals surface area contributed by atoms with Crippen LogP contribution < -0.4 is 10.6 Å². The number of halogens is 4. The molecule has 2 N–H and O–H groups in total. The zero-order valence-corrected chi connectivity index (χ0v) is 21.4. The van der Waals surface area contributed by atoms with Crippen LogP contribution in [0, 0.1) is 0 Å². The van der Waals surface area contributed by atoms with Crippen LogP contribution in [0.25, 0.3) is 0 Å². The predicted octanol–water partition coefficient (Wildman–Crippen LogP) is 7.77. The van der Waals surface area contributed by atoms with Gasteiger partial charge in [0, 0.05) is 11.4 Å². The van der Waals surface area contributed by atoms with E-state index in [1.54, 1.807) is 26.0 Å². The maximum absolute atomic E-state index is 13.1. The third kappa shape index (κ3) is 8.01. The molecule has 0 aliphatic heterocycles. The fraction of sp³-hybridized carbons (Fsp3) is 0.192. The van der Waals surface area contributed by atoms with E-state index in [-0.39, 0.29) is 41.4 Å². The maximum atomic E-state index is 13.1. The maximum Gasteiger partial charge on any atom is 0.417 e. The Hall–Kier alpha value is -4.45. The topological polar surface area (TPSA) is 118 Å². The Morgan fingerprint density at radius 3 is 2.00 bits per heavy atom. The number of anilines is 2. The lowest BCUT2D eigenvalue weighted by Gasteiger charge is -2.12. The van der Waals surface area contributed by atoms with Crippen molar-refractivity contribution in [3.05, 3.63) is 82.4 Å². The highest BCUT2D eigenvalue weighted by Gasteiger charge is 2.33. The highest BCUT2D eigenvalue weighted by atomic mass is 35.5. The van der Waals surface area contributed by atoms with Gasteiger partial charge >= 0.3 is 24.1 Å². The number of rotatable bonds is 8. The first-order chi connectivity index (χ1) is 18.5. The summed E-state index contributed by atoms with van der Waals surface area (Å²) in [4.78, 5) is 36.9. The molecule has 39 heavy (non-hydrogen) atoms. The lowest BCUT2D eigenvalue weighted by Crippen LogP contribution is -2.19. The van der Waals surface area contributed by atoms with Crippen molar-refractivity contribution in [2.75, 3.05) is 23.8 Å². The van der Waals surface area contributed by atoms with E-state index in [9.17, 15) is 27.6 Å². The first kappa shape index (κ1) is 29.1. The molecular weight excluding hydrogens is 541 g/mol. The molecule has 0 fully saturated rings. The average molecular weight is 563 g/mol. The quantitative estimate of drug-likeness (QED) is 0.215. The molecule has 0 spiro atoms. The van der Waals surface area contributed by atoms with Gasteiger partial charge in [-0.05, 0) is 68.4 Å². The fourth-order valence-electron chi connectivity index (χ4n) is 3.23. The summed E-state index contributed by atoms with van der Waals surface area (Å²) in [7, 11) is 0. The number of urea groups is 1. The van der Waals surface area contributed by atoms with Crippen LogP contribution in [0.15, 0.2) is 70.9 Å². The predicted molar refractivity (Wildman–Crippen MR) is 138 cm³/mol. The first-order valence-corrected chi connectivity index (χ1v) is 11.8. The van der Waals surface area contributed by atoms with Gasteiger partial charge in [0.05, 0.1) is 46.3 Å². The monoisotopic (exact) mass is 562 g/mol. The third-order valence-corrected chi connectivity index (χ3v) is 5.24. The van der Waals surface area contributed by atoms with E-state index in [1.807, 2.05) is 0 Å². The average Bonchev–Trinajstić information content (AvgIpc) is 2.88. The molecule has 0 heterocycles. The molecule has 13 heteroatoms. The van der Waals surface area contributed by atoms with Gasteiger partial charge < -0.3 is 20.1 Å². The molecule has 0 saturated carbocycles. The molecule has 0 radical (unpaired) electrons. The molecule has 204 valence electrons. The van der Waals surface area contributed by atoms with Gasteiger partial charge in [-0.2, -0.15) is 23.4 Å². The first-order valence-electron chi connectivity index (χ1n) is 11.5. The van der Waals surface area contributed by atoms with E-state index in [2.05, 4.69) is 20.9 Å². The number of nitrogens with one attached hydrogen (secondary N) is 2. The zero-order valence-electron chi connectivity index (χ0n) is 20.6.